The van der Waals surface area contributed by atoms with Crippen LogP contribution in [-0.4, -0.2) is 46.8 Å². The second kappa shape index (κ2) is 9.49. The quantitative estimate of drug-likeness (QED) is 0.579. The molecule has 1 aromatic heterocycles. The first-order valence-corrected chi connectivity index (χ1v) is 11.9. The monoisotopic (exact) mass is 461 g/mol. The summed E-state index contributed by atoms with van der Waals surface area (Å²) in [6.45, 7) is 6.67. The molecule has 2 heterocycles. The Hall–Kier alpha value is -2.96. The maximum atomic E-state index is 12.9. The van der Waals surface area contributed by atoms with E-state index in [-0.39, 0.29) is 5.78 Å². The van der Waals surface area contributed by atoms with Gasteiger partial charge in [0, 0.05) is 49.9 Å². The van der Waals surface area contributed by atoms with Crippen molar-refractivity contribution in [2.45, 2.75) is 26.3 Å². The van der Waals surface area contributed by atoms with Crippen molar-refractivity contribution < 1.29 is 4.79 Å². The van der Waals surface area contributed by atoms with Crippen LogP contribution in [-0.2, 0) is 13.0 Å². The Morgan fingerprint density at radius 1 is 0.970 bits per heavy atom. The number of carbonyl (C=O) groups is 1. The van der Waals surface area contributed by atoms with Gasteiger partial charge in [-0.2, -0.15) is 4.98 Å². The molecule has 7 heteroatoms. The summed E-state index contributed by atoms with van der Waals surface area (Å²) in [4.78, 5) is 27.3. The molecule has 3 aromatic rings. The van der Waals surface area contributed by atoms with Gasteiger partial charge in [0.05, 0.1) is 11.3 Å². The Labute approximate surface area is 199 Å². The Kier molecular flexibility index (Phi) is 6.29. The number of halogens is 1. The van der Waals surface area contributed by atoms with Gasteiger partial charge in [0.15, 0.2) is 5.78 Å². The number of carbonyl (C=O) groups excluding carboxylic acids is 1. The topological polar surface area (TPSA) is 61.4 Å². The zero-order chi connectivity index (χ0) is 22.8. The average molecular weight is 462 g/mol. The van der Waals surface area contributed by atoms with Crippen molar-refractivity contribution in [3.05, 3.63) is 76.4 Å². The van der Waals surface area contributed by atoms with Crippen LogP contribution in [0.15, 0.2) is 54.6 Å². The number of aromatic nitrogens is 2. The van der Waals surface area contributed by atoms with Crippen LogP contribution in [0.5, 0.6) is 0 Å². The van der Waals surface area contributed by atoms with E-state index in [1.807, 2.05) is 24.3 Å². The number of rotatable bonds is 5. The van der Waals surface area contributed by atoms with Crippen molar-refractivity contribution in [1.29, 1.82) is 0 Å². The van der Waals surface area contributed by atoms with Crippen molar-refractivity contribution in [1.82, 2.24) is 14.9 Å². The zero-order valence-electron chi connectivity index (χ0n) is 18.8. The van der Waals surface area contributed by atoms with E-state index in [0.717, 1.165) is 50.5 Å². The number of hydrogen-bond acceptors (Lipinski definition) is 6. The highest BCUT2D eigenvalue weighted by atomic mass is 35.5. The molecule has 6 nitrogen and oxygen atoms in total. The molecule has 2 aromatic carbocycles. The Morgan fingerprint density at radius 2 is 1.70 bits per heavy atom. The fourth-order valence-electron chi connectivity index (χ4n) is 4.61. The molecule has 170 valence electrons. The minimum absolute atomic E-state index is 0.111. The van der Waals surface area contributed by atoms with Crippen molar-refractivity contribution in [3.8, 4) is 0 Å². The molecule has 0 saturated carbocycles. The number of hydrogen-bond donors (Lipinski definition) is 1. The molecule has 5 rings (SSSR count). The summed E-state index contributed by atoms with van der Waals surface area (Å²) in [7, 11) is 0. The van der Waals surface area contributed by atoms with E-state index in [2.05, 4.69) is 52.4 Å². The van der Waals surface area contributed by atoms with Gasteiger partial charge in [-0.25, -0.2) is 4.98 Å². The van der Waals surface area contributed by atoms with Gasteiger partial charge >= 0.3 is 0 Å². The third-order valence-corrected chi connectivity index (χ3v) is 6.59. The number of nitrogens with one attached hydrogen (secondary N) is 1. The smallest absolute Gasteiger partial charge is 0.227 e. The SMILES string of the molecule is CC1CC(=O)c2c(nc(N3CCN(Cc4ccccc4)CC3)nc2Nc2ccc(Cl)cc2)C1. The number of fused-ring (bicyclic) bond motifs is 1. The highest BCUT2D eigenvalue weighted by Gasteiger charge is 2.30. The molecular weight excluding hydrogens is 434 g/mol. The third kappa shape index (κ3) is 5.02. The lowest BCUT2D eigenvalue weighted by Crippen LogP contribution is -2.46. The Bertz CT molecular complexity index is 1130. The third-order valence-electron chi connectivity index (χ3n) is 6.34. The van der Waals surface area contributed by atoms with E-state index in [1.165, 1.54) is 5.56 Å². The highest BCUT2D eigenvalue weighted by Crippen LogP contribution is 2.32. The standard InChI is InChI=1S/C26H28ClN5O/c1-18-15-22-24(23(33)16-18)25(28-21-9-7-20(27)8-10-21)30-26(29-22)32-13-11-31(12-14-32)17-19-5-3-2-4-6-19/h2-10,18H,11-17H2,1H3,(H,28,29,30). The van der Waals surface area contributed by atoms with Gasteiger partial charge in [0.1, 0.15) is 5.82 Å². The Balaban J connectivity index is 1.38. The molecule has 1 atom stereocenters. The molecule has 1 aliphatic heterocycles. The van der Waals surface area contributed by atoms with Crippen LogP contribution >= 0.6 is 11.6 Å². The summed E-state index contributed by atoms with van der Waals surface area (Å²) < 4.78 is 0. The lowest BCUT2D eigenvalue weighted by Gasteiger charge is -2.35. The number of anilines is 3. The predicted molar refractivity (Wildman–Crippen MR) is 133 cm³/mol. The number of piperazine rings is 1. The van der Waals surface area contributed by atoms with Crippen LogP contribution < -0.4 is 10.2 Å². The molecule has 2 aliphatic rings. The molecule has 1 saturated heterocycles. The Morgan fingerprint density at radius 3 is 2.42 bits per heavy atom. The van der Waals surface area contributed by atoms with Gasteiger partial charge in [-0.3, -0.25) is 9.69 Å². The first-order chi connectivity index (χ1) is 16.0. The summed E-state index contributed by atoms with van der Waals surface area (Å²) in [5, 5.41) is 4.03. The van der Waals surface area contributed by atoms with Crippen LogP contribution in [0.4, 0.5) is 17.5 Å². The van der Waals surface area contributed by atoms with Crippen LogP contribution in [0.1, 0.15) is 35.0 Å². The second-order valence-corrected chi connectivity index (χ2v) is 9.45. The first kappa shape index (κ1) is 21.9. The molecule has 1 aliphatic carbocycles. The second-order valence-electron chi connectivity index (χ2n) is 9.01. The maximum Gasteiger partial charge on any atom is 0.227 e. The van der Waals surface area contributed by atoms with E-state index in [1.54, 1.807) is 0 Å². The normalized spacial score (nSPS) is 18.8. The van der Waals surface area contributed by atoms with Crippen LogP contribution in [0.2, 0.25) is 5.02 Å². The van der Waals surface area contributed by atoms with Crippen LogP contribution in [0, 0.1) is 5.92 Å². The number of Topliss-reactive ketones (excluding diaryl/α,β-unsaturated/α-hetero) is 1. The molecule has 0 spiro atoms. The summed E-state index contributed by atoms with van der Waals surface area (Å²) >= 11 is 6.04. The summed E-state index contributed by atoms with van der Waals surface area (Å²) in [6.07, 6.45) is 1.32. The predicted octanol–water partition coefficient (Wildman–Crippen LogP) is 4.96. The van der Waals surface area contributed by atoms with E-state index in [4.69, 9.17) is 21.6 Å². The van der Waals surface area contributed by atoms with E-state index < -0.39 is 0 Å². The van der Waals surface area contributed by atoms with Crippen molar-refractivity contribution in [2.24, 2.45) is 5.92 Å². The molecule has 1 unspecified atom stereocenters. The van der Waals surface area contributed by atoms with E-state index in [9.17, 15) is 4.79 Å². The molecular formula is C26H28ClN5O. The fourth-order valence-corrected chi connectivity index (χ4v) is 4.73. The van der Waals surface area contributed by atoms with Crippen LogP contribution in [0.25, 0.3) is 0 Å². The number of ketones is 1. The minimum Gasteiger partial charge on any atom is -0.339 e. The van der Waals surface area contributed by atoms with Gasteiger partial charge in [-0.15, -0.1) is 0 Å². The van der Waals surface area contributed by atoms with Gasteiger partial charge < -0.3 is 10.2 Å². The largest absolute Gasteiger partial charge is 0.339 e. The molecule has 1 fully saturated rings. The fraction of sp³-hybridized carbons (Fsp3) is 0.346. The molecule has 0 radical (unpaired) electrons. The van der Waals surface area contributed by atoms with Gasteiger partial charge in [-0.05, 0) is 42.2 Å². The summed E-state index contributed by atoms with van der Waals surface area (Å²) in [6, 6.07) is 18.0. The van der Waals surface area contributed by atoms with Gasteiger partial charge in [-0.1, -0.05) is 48.9 Å². The lowest BCUT2D eigenvalue weighted by atomic mass is 9.87. The lowest BCUT2D eigenvalue weighted by molar-refractivity contribution is 0.0952. The number of benzene rings is 2. The van der Waals surface area contributed by atoms with Crippen molar-refractivity contribution in [2.75, 3.05) is 36.4 Å². The van der Waals surface area contributed by atoms with Crippen molar-refractivity contribution in [3.63, 3.8) is 0 Å². The summed E-state index contributed by atoms with van der Waals surface area (Å²) in [5.41, 5.74) is 3.67. The zero-order valence-corrected chi connectivity index (χ0v) is 19.6. The van der Waals surface area contributed by atoms with Crippen LogP contribution in [0.3, 0.4) is 0 Å². The number of nitrogens with zero attached hydrogens (tertiary/aromatic N) is 4. The maximum absolute atomic E-state index is 12.9. The minimum atomic E-state index is 0.111. The highest BCUT2D eigenvalue weighted by molar-refractivity contribution is 6.30. The van der Waals surface area contributed by atoms with Gasteiger partial charge in [0.25, 0.3) is 0 Å². The van der Waals surface area contributed by atoms with Crippen molar-refractivity contribution >= 4 is 34.8 Å². The van der Waals surface area contributed by atoms with E-state index >= 15 is 0 Å². The molecule has 0 bridgehead atoms. The first-order valence-electron chi connectivity index (χ1n) is 11.5. The van der Waals surface area contributed by atoms with Gasteiger partial charge in [0.2, 0.25) is 5.95 Å². The molecule has 0 amide bonds. The summed E-state index contributed by atoms with van der Waals surface area (Å²) in [5.74, 6) is 1.70. The van der Waals surface area contributed by atoms with E-state index in [0.29, 0.717) is 34.7 Å². The molecule has 33 heavy (non-hydrogen) atoms. The molecule has 1 N–H and O–H groups in total. The average Bonchev–Trinajstić information content (AvgIpc) is 2.81.